The minimum Gasteiger partial charge on any atom is -0.420 e. The summed E-state index contributed by atoms with van der Waals surface area (Å²) < 4.78 is 6.63. The first kappa shape index (κ1) is 11.0. The molecular weight excluding hydrogens is 244 g/mol. The molecule has 3 heteroatoms. The Labute approximate surface area is 89.4 Å². The van der Waals surface area contributed by atoms with Gasteiger partial charge in [-0.15, -0.1) is 0 Å². The third-order valence-electron chi connectivity index (χ3n) is 2.10. The Morgan fingerprint density at radius 2 is 1.77 bits per heavy atom. The van der Waals surface area contributed by atoms with Gasteiger partial charge in [-0.25, -0.2) is 0 Å². The predicted molar refractivity (Wildman–Crippen MR) is 62.3 cm³/mol. The van der Waals surface area contributed by atoms with Gasteiger partial charge < -0.3 is 4.43 Å². The quantitative estimate of drug-likeness (QED) is 0.756. The second-order valence-electron chi connectivity index (χ2n) is 3.77. The molecule has 0 radical (unpaired) electrons. The molecule has 1 aromatic carbocycles. The normalized spacial score (nSPS) is 11.7. The summed E-state index contributed by atoms with van der Waals surface area (Å²) in [6.07, 6.45) is 0. The molecule has 0 N–H and O–H groups in total. The predicted octanol–water partition coefficient (Wildman–Crippen LogP) is 3.38. The van der Waals surface area contributed by atoms with Crippen LogP contribution in [-0.4, -0.2) is 15.4 Å². The standard InChI is InChI=1S/C10H15BrOSi/c1-12-13(2,3)8-9-4-6-10(11)7-5-9/h4-7H,8H2,1-3H3. The molecule has 1 rings (SSSR count). The second-order valence-corrected chi connectivity index (χ2v) is 8.96. The van der Waals surface area contributed by atoms with Gasteiger partial charge in [0, 0.05) is 11.6 Å². The Bertz CT molecular complexity index is 269. The summed E-state index contributed by atoms with van der Waals surface area (Å²) >= 11 is 3.42. The molecule has 0 fully saturated rings. The maximum Gasteiger partial charge on any atom is 0.190 e. The van der Waals surface area contributed by atoms with Gasteiger partial charge in [0.25, 0.3) is 0 Å². The Hall–Kier alpha value is -0.123. The average molecular weight is 259 g/mol. The first-order chi connectivity index (χ1) is 6.03. The number of hydrogen-bond donors (Lipinski definition) is 0. The molecule has 0 heterocycles. The monoisotopic (exact) mass is 258 g/mol. The van der Waals surface area contributed by atoms with E-state index in [0.29, 0.717) is 0 Å². The summed E-state index contributed by atoms with van der Waals surface area (Å²) in [5.74, 6) is 0. The largest absolute Gasteiger partial charge is 0.420 e. The van der Waals surface area contributed by atoms with Gasteiger partial charge in [0.1, 0.15) is 0 Å². The van der Waals surface area contributed by atoms with Crippen LogP contribution >= 0.6 is 15.9 Å². The van der Waals surface area contributed by atoms with Crippen molar-refractivity contribution in [2.24, 2.45) is 0 Å². The molecule has 0 aromatic heterocycles. The van der Waals surface area contributed by atoms with Crippen molar-refractivity contribution >= 4 is 24.2 Å². The molecule has 0 amide bonds. The molecule has 0 aliphatic rings. The first-order valence-electron chi connectivity index (χ1n) is 4.33. The topological polar surface area (TPSA) is 9.23 Å². The third-order valence-corrected chi connectivity index (χ3v) is 4.99. The van der Waals surface area contributed by atoms with Crippen molar-refractivity contribution < 1.29 is 4.43 Å². The van der Waals surface area contributed by atoms with E-state index in [2.05, 4.69) is 53.3 Å². The van der Waals surface area contributed by atoms with E-state index in [-0.39, 0.29) is 0 Å². The smallest absolute Gasteiger partial charge is 0.190 e. The summed E-state index contributed by atoms with van der Waals surface area (Å²) in [6, 6.07) is 9.54. The van der Waals surface area contributed by atoms with Gasteiger partial charge in [-0.3, -0.25) is 0 Å². The number of halogens is 1. The molecule has 0 unspecified atom stereocenters. The lowest BCUT2D eigenvalue weighted by atomic mass is 10.2. The van der Waals surface area contributed by atoms with Crippen molar-refractivity contribution in [1.82, 2.24) is 0 Å². The van der Waals surface area contributed by atoms with E-state index in [4.69, 9.17) is 4.43 Å². The molecule has 0 saturated heterocycles. The highest BCUT2D eigenvalue weighted by atomic mass is 79.9. The van der Waals surface area contributed by atoms with Crippen molar-refractivity contribution in [3.05, 3.63) is 34.3 Å². The lowest BCUT2D eigenvalue weighted by Crippen LogP contribution is -2.32. The van der Waals surface area contributed by atoms with E-state index in [1.165, 1.54) is 5.56 Å². The Kier molecular flexibility index (Phi) is 3.70. The zero-order valence-corrected chi connectivity index (χ0v) is 10.9. The Morgan fingerprint density at radius 3 is 2.23 bits per heavy atom. The van der Waals surface area contributed by atoms with Crippen LogP contribution in [0.2, 0.25) is 13.1 Å². The third kappa shape index (κ3) is 3.63. The second kappa shape index (κ2) is 4.40. The van der Waals surface area contributed by atoms with E-state index < -0.39 is 8.32 Å². The van der Waals surface area contributed by atoms with E-state index in [9.17, 15) is 0 Å². The highest BCUT2D eigenvalue weighted by Crippen LogP contribution is 2.15. The fourth-order valence-corrected chi connectivity index (χ4v) is 2.79. The van der Waals surface area contributed by atoms with Crippen molar-refractivity contribution in [2.45, 2.75) is 19.1 Å². The Balaban J connectivity index is 2.69. The van der Waals surface area contributed by atoms with E-state index in [1.807, 2.05) is 7.11 Å². The lowest BCUT2D eigenvalue weighted by molar-refractivity contribution is 0.403. The van der Waals surface area contributed by atoms with E-state index in [1.54, 1.807) is 0 Å². The highest BCUT2D eigenvalue weighted by molar-refractivity contribution is 9.10. The van der Waals surface area contributed by atoms with Crippen LogP contribution in [0.25, 0.3) is 0 Å². The van der Waals surface area contributed by atoms with Gasteiger partial charge in [-0.05, 0) is 36.8 Å². The molecular formula is C10H15BrOSi. The summed E-state index contributed by atoms with van der Waals surface area (Å²) in [5.41, 5.74) is 1.36. The molecule has 0 spiro atoms. The summed E-state index contributed by atoms with van der Waals surface area (Å²) in [7, 11) is 0.360. The van der Waals surface area contributed by atoms with Gasteiger partial charge in [-0.2, -0.15) is 0 Å². The van der Waals surface area contributed by atoms with Crippen LogP contribution in [0, 0.1) is 0 Å². The van der Waals surface area contributed by atoms with E-state index >= 15 is 0 Å². The maximum absolute atomic E-state index is 5.50. The van der Waals surface area contributed by atoms with Crippen LogP contribution in [0.15, 0.2) is 28.7 Å². The van der Waals surface area contributed by atoms with Gasteiger partial charge in [0.2, 0.25) is 0 Å². The van der Waals surface area contributed by atoms with Crippen LogP contribution in [-0.2, 0) is 10.5 Å². The molecule has 0 saturated carbocycles. The maximum atomic E-state index is 5.50. The van der Waals surface area contributed by atoms with E-state index in [0.717, 1.165) is 10.5 Å². The van der Waals surface area contributed by atoms with Gasteiger partial charge >= 0.3 is 0 Å². The van der Waals surface area contributed by atoms with Crippen molar-refractivity contribution in [3.63, 3.8) is 0 Å². The minimum absolute atomic E-state index is 1.08. The number of rotatable bonds is 3. The van der Waals surface area contributed by atoms with Gasteiger partial charge in [0.15, 0.2) is 8.32 Å². The van der Waals surface area contributed by atoms with Crippen LogP contribution in [0.3, 0.4) is 0 Å². The van der Waals surface area contributed by atoms with Crippen molar-refractivity contribution in [1.29, 1.82) is 0 Å². The molecule has 72 valence electrons. The van der Waals surface area contributed by atoms with Crippen LogP contribution in [0.5, 0.6) is 0 Å². The van der Waals surface area contributed by atoms with Gasteiger partial charge in [-0.1, -0.05) is 28.1 Å². The SMILES string of the molecule is CO[Si](C)(C)Cc1ccc(Br)cc1. The molecule has 0 bridgehead atoms. The molecule has 1 aromatic rings. The summed E-state index contributed by atoms with van der Waals surface area (Å²) in [6.45, 7) is 4.46. The van der Waals surface area contributed by atoms with Gasteiger partial charge in [0.05, 0.1) is 0 Å². The van der Waals surface area contributed by atoms with Crippen LogP contribution < -0.4 is 0 Å². The fourth-order valence-electron chi connectivity index (χ4n) is 1.17. The zero-order chi connectivity index (χ0) is 9.90. The first-order valence-corrected chi connectivity index (χ1v) is 8.24. The molecule has 13 heavy (non-hydrogen) atoms. The van der Waals surface area contributed by atoms with Crippen molar-refractivity contribution in [3.8, 4) is 0 Å². The summed E-state index contributed by atoms with van der Waals surface area (Å²) in [4.78, 5) is 0. The fraction of sp³-hybridized carbons (Fsp3) is 0.400. The molecule has 0 atom stereocenters. The minimum atomic E-state index is -1.45. The van der Waals surface area contributed by atoms with Crippen LogP contribution in [0.4, 0.5) is 0 Å². The highest BCUT2D eigenvalue weighted by Gasteiger charge is 2.20. The average Bonchev–Trinajstić information content (AvgIpc) is 2.09. The lowest BCUT2D eigenvalue weighted by Gasteiger charge is -2.19. The molecule has 0 aliphatic carbocycles. The Morgan fingerprint density at radius 1 is 1.23 bits per heavy atom. The zero-order valence-electron chi connectivity index (χ0n) is 8.30. The number of benzene rings is 1. The van der Waals surface area contributed by atoms with Crippen molar-refractivity contribution in [2.75, 3.05) is 7.11 Å². The van der Waals surface area contributed by atoms with Crippen LogP contribution in [0.1, 0.15) is 5.56 Å². The summed E-state index contributed by atoms with van der Waals surface area (Å²) in [5, 5.41) is 0. The molecule has 1 nitrogen and oxygen atoms in total. The number of hydrogen-bond acceptors (Lipinski definition) is 1. The molecule has 0 aliphatic heterocycles.